The summed E-state index contributed by atoms with van der Waals surface area (Å²) in [6.07, 6.45) is 1.61. The van der Waals surface area contributed by atoms with Crippen LogP contribution in [0.2, 0.25) is 0 Å². The number of fused-ring (bicyclic) bond motifs is 1. The molecule has 0 aliphatic rings. The second kappa shape index (κ2) is 9.05. The molecule has 0 spiro atoms. The lowest BCUT2D eigenvalue weighted by molar-refractivity contribution is 0.0954. The van der Waals surface area contributed by atoms with E-state index in [1.807, 2.05) is 67.6 Å². The van der Waals surface area contributed by atoms with Crippen LogP contribution in [-0.4, -0.2) is 18.0 Å². The molecule has 0 atom stereocenters. The number of benzene rings is 4. The minimum atomic E-state index is -0.325. The second-order valence-corrected chi connectivity index (χ2v) is 7.15. The summed E-state index contributed by atoms with van der Waals surface area (Å²) in [6, 6.07) is 28.1. The summed E-state index contributed by atoms with van der Waals surface area (Å²) in [4.78, 5) is 24.7. The number of aryl methyl sites for hydroxylation is 1. The largest absolute Gasteiger partial charge is 0.322 e. The maximum atomic E-state index is 12.4. The molecule has 5 nitrogen and oxygen atoms in total. The Morgan fingerprint density at radius 2 is 1.48 bits per heavy atom. The third-order valence-corrected chi connectivity index (χ3v) is 4.95. The van der Waals surface area contributed by atoms with Crippen LogP contribution in [0.15, 0.2) is 96.1 Å². The standard InChI is InChI=1S/C26H21N3O2/c1-18-6-2-5-9-24(18)26(31)28-23-14-12-21(13-15-23)25(30)29-27-17-19-10-11-20-7-3-4-8-22(20)16-19/h2-17H,1H3,(H,28,31)(H,29,30). The van der Waals surface area contributed by atoms with Gasteiger partial charge in [0.25, 0.3) is 11.8 Å². The van der Waals surface area contributed by atoms with Gasteiger partial charge in [-0.25, -0.2) is 5.43 Å². The number of anilines is 1. The van der Waals surface area contributed by atoms with Gasteiger partial charge in [0.2, 0.25) is 0 Å². The molecular weight excluding hydrogens is 386 g/mol. The first kappa shape index (κ1) is 20.0. The Kier molecular flexibility index (Phi) is 5.85. The Morgan fingerprint density at radius 3 is 2.26 bits per heavy atom. The van der Waals surface area contributed by atoms with Gasteiger partial charge in [0.15, 0.2) is 0 Å². The summed E-state index contributed by atoms with van der Waals surface area (Å²) in [7, 11) is 0. The number of nitrogens with one attached hydrogen (secondary N) is 2. The van der Waals surface area contributed by atoms with Gasteiger partial charge in [0.1, 0.15) is 0 Å². The molecule has 0 aliphatic carbocycles. The fraction of sp³-hybridized carbons (Fsp3) is 0.0385. The molecule has 5 heteroatoms. The van der Waals surface area contributed by atoms with Gasteiger partial charge in [-0.1, -0.05) is 54.6 Å². The van der Waals surface area contributed by atoms with Crippen molar-refractivity contribution in [2.45, 2.75) is 6.92 Å². The quantitative estimate of drug-likeness (QED) is 0.354. The predicted molar refractivity (Wildman–Crippen MR) is 125 cm³/mol. The van der Waals surface area contributed by atoms with E-state index in [4.69, 9.17) is 0 Å². The average Bonchev–Trinajstić information content (AvgIpc) is 2.79. The van der Waals surface area contributed by atoms with Crippen molar-refractivity contribution in [3.05, 3.63) is 113 Å². The molecule has 4 aromatic rings. The van der Waals surface area contributed by atoms with Gasteiger partial charge in [0.05, 0.1) is 6.21 Å². The highest BCUT2D eigenvalue weighted by atomic mass is 16.2. The van der Waals surface area contributed by atoms with Crippen LogP contribution in [0, 0.1) is 6.92 Å². The Balaban J connectivity index is 1.37. The minimum Gasteiger partial charge on any atom is -0.322 e. The molecule has 0 aromatic heterocycles. The van der Waals surface area contributed by atoms with Crippen molar-refractivity contribution in [1.82, 2.24) is 5.43 Å². The van der Waals surface area contributed by atoms with E-state index in [-0.39, 0.29) is 11.8 Å². The Bertz CT molecular complexity index is 1280. The maximum absolute atomic E-state index is 12.4. The molecule has 2 N–H and O–H groups in total. The number of amides is 2. The number of carbonyl (C=O) groups is 2. The number of hydrogen-bond acceptors (Lipinski definition) is 3. The molecular formula is C26H21N3O2. The van der Waals surface area contributed by atoms with E-state index >= 15 is 0 Å². The first-order valence-electron chi connectivity index (χ1n) is 9.89. The van der Waals surface area contributed by atoms with Gasteiger partial charge in [-0.05, 0) is 65.2 Å². The zero-order valence-corrected chi connectivity index (χ0v) is 17.0. The molecule has 0 radical (unpaired) electrons. The SMILES string of the molecule is Cc1ccccc1C(=O)Nc1ccc(C(=O)NN=Cc2ccc3ccccc3c2)cc1. The Labute approximate surface area is 180 Å². The van der Waals surface area contributed by atoms with Crippen molar-refractivity contribution in [2.24, 2.45) is 5.10 Å². The van der Waals surface area contributed by atoms with Crippen LogP contribution >= 0.6 is 0 Å². The summed E-state index contributed by atoms with van der Waals surface area (Å²) >= 11 is 0. The molecule has 0 heterocycles. The van der Waals surface area contributed by atoms with Gasteiger partial charge in [-0.15, -0.1) is 0 Å². The highest BCUT2D eigenvalue weighted by molar-refractivity contribution is 6.05. The number of carbonyl (C=O) groups excluding carboxylic acids is 2. The van der Waals surface area contributed by atoms with Gasteiger partial charge in [-0.2, -0.15) is 5.10 Å². The van der Waals surface area contributed by atoms with E-state index in [0.717, 1.165) is 21.9 Å². The monoisotopic (exact) mass is 407 g/mol. The summed E-state index contributed by atoms with van der Waals surface area (Å²) in [5.41, 5.74) is 6.01. The van der Waals surface area contributed by atoms with Gasteiger partial charge in [-0.3, -0.25) is 9.59 Å². The number of rotatable bonds is 5. The van der Waals surface area contributed by atoms with Crippen LogP contribution in [0.5, 0.6) is 0 Å². The normalized spacial score (nSPS) is 10.9. The van der Waals surface area contributed by atoms with Gasteiger partial charge < -0.3 is 5.32 Å². The fourth-order valence-corrected chi connectivity index (χ4v) is 3.25. The molecule has 31 heavy (non-hydrogen) atoms. The van der Waals surface area contributed by atoms with Crippen LogP contribution in [0.1, 0.15) is 31.8 Å². The topological polar surface area (TPSA) is 70.6 Å². The van der Waals surface area contributed by atoms with Crippen molar-refractivity contribution in [3.63, 3.8) is 0 Å². The van der Waals surface area contributed by atoms with Crippen molar-refractivity contribution in [1.29, 1.82) is 0 Å². The summed E-state index contributed by atoms with van der Waals surface area (Å²) in [6.45, 7) is 1.89. The van der Waals surface area contributed by atoms with E-state index in [0.29, 0.717) is 16.8 Å². The Hall–Kier alpha value is -4.25. The van der Waals surface area contributed by atoms with E-state index in [9.17, 15) is 9.59 Å². The molecule has 0 unspecified atom stereocenters. The van der Waals surface area contributed by atoms with E-state index in [2.05, 4.69) is 15.8 Å². The number of hydrogen-bond donors (Lipinski definition) is 2. The van der Waals surface area contributed by atoms with Crippen LogP contribution < -0.4 is 10.7 Å². The lowest BCUT2D eigenvalue weighted by Gasteiger charge is -2.08. The zero-order chi connectivity index (χ0) is 21.6. The summed E-state index contributed by atoms with van der Waals surface area (Å²) < 4.78 is 0. The lowest BCUT2D eigenvalue weighted by atomic mass is 10.1. The van der Waals surface area contributed by atoms with Crippen LogP contribution in [0.3, 0.4) is 0 Å². The Morgan fingerprint density at radius 1 is 0.774 bits per heavy atom. The van der Waals surface area contributed by atoms with Crippen molar-refractivity contribution < 1.29 is 9.59 Å². The van der Waals surface area contributed by atoms with Gasteiger partial charge in [0, 0.05) is 16.8 Å². The number of nitrogens with zero attached hydrogens (tertiary/aromatic N) is 1. The first-order valence-corrected chi connectivity index (χ1v) is 9.89. The van der Waals surface area contributed by atoms with Crippen LogP contribution in [0.25, 0.3) is 10.8 Å². The smallest absolute Gasteiger partial charge is 0.271 e. The minimum absolute atomic E-state index is 0.185. The fourth-order valence-electron chi connectivity index (χ4n) is 3.25. The molecule has 152 valence electrons. The molecule has 0 bridgehead atoms. The maximum Gasteiger partial charge on any atom is 0.271 e. The number of hydrazone groups is 1. The highest BCUT2D eigenvalue weighted by Gasteiger charge is 2.09. The summed E-state index contributed by atoms with van der Waals surface area (Å²) in [5, 5.41) is 9.16. The van der Waals surface area contributed by atoms with Crippen molar-refractivity contribution in [3.8, 4) is 0 Å². The molecule has 0 saturated heterocycles. The van der Waals surface area contributed by atoms with Crippen LogP contribution in [-0.2, 0) is 0 Å². The lowest BCUT2D eigenvalue weighted by Crippen LogP contribution is -2.18. The molecule has 0 fully saturated rings. The highest BCUT2D eigenvalue weighted by Crippen LogP contribution is 2.15. The third kappa shape index (κ3) is 4.85. The van der Waals surface area contributed by atoms with Crippen molar-refractivity contribution in [2.75, 3.05) is 5.32 Å². The molecule has 0 saturated carbocycles. The first-order chi connectivity index (χ1) is 15.1. The van der Waals surface area contributed by atoms with E-state index in [1.165, 1.54) is 0 Å². The molecule has 4 rings (SSSR count). The van der Waals surface area contributed by atoms with Gasteiger partial charge >= 0.3 is 0 Å². The van der Waals surface area contributed by atoms with Crippen molar-refractivity contribution >= 4 is 34.5 Å². The molecule has 4 aromatic carbocycles. The zero-order valence-electron chi connectivity index (χ0n) is 17.0. The molecule has 0 aliphatic heterocycles. The third-order valence-electron chi connectivity index (χ3n) is 4.95. The summed E-state index contributed by atoms with van der Waals surface area (Å²) in [5.74, 6) is -0.510. The predicted octanol–water partition coefficient (Wildman–Crippen LogP) is 5.16. The van der Waals surface area contributed by atoms with E-state index in [1.54, 1.807) is 36.5 Å². The average molecular weight is 407 g/mol. The second-order valence-electron chi connectivity index (χ2n) is 7.15. The van der Waals surface area contributed by atoms with E-state index < -0.39 is 0 Å². The van der Waals surface area contributed by atoms with Crippen LogP contribution in [0.4, 0.5) is 5.69 Å². The molecule has 2 amide bonds.